The largest absolute Gasteiger partial charge is 0.469 e. The first-order chi connectivity index (χ1) is 8.65. The second-order valence-corrected chi connectivity index (χ2v) is 4.19. The number of amides is 1. The van der Waals surface area contributed by atoms with Crippen LogP contribution in [-0.2, 0) is 11.2 Å². The minimum atomic E-state index is -0.509. The fourth-order valence-electron chi connectivity index (χ4n) is 1.50. The van der Waals surface area contributed by atoms with Crippen LogP contribution in [0.3, 0.4) is 0 Å². The fourth-order valence-corrected chi connectivity index (χ4v) is 1.67. The van der Waals surface area contributed by atoms with E-state index in [2.05, 4.69) is 5.32 Å². The molecule has 3 nitrogen and oxygen atoms in total. The minimum absolute atomic E-state index is 0.0898. The van der Waals surface area contributed by atoms with Crippen molar-refractivity contribution in [2.24, 2.45) is 0 Å². The average molecular weight is 268 g/mol. The summed E-state index contributed by atoms with van der Waals surface area (Å²) in [6.45, 7) is 0. The first-order valence-electron chi connectivity index (χ1n) is 5.42. The molecule has 0 unspecified atom stereocenters. The summed E-state index contributed by atoms with van der Waals surface area (Å²) in [5.41, 5.74) is 0.0898. The van der Waals surface area contributed by atoms with Gasteiger partial charge in [-0.05, 0) is 30.3 Å². The molecular formula is C13H11ClFNO2. The van der Waals surface area contributed by atoms with E-state index < -0.39 is 5.82 Å². The summed E-state index contributed by atoms with van der Waals surface area (Å²) in [6.07, 6.45) is 2.24. The summed E-state index contributed by atoms with van der Waals surface area (Å²) in [4.78, 5) is 11.6. The minimum Gasteiger partial charge on any atom is -0.469 e. The molecule has 94 valence electrons. The molecule has 1 aromatic carbocycles. The lowest BCUT2D eigenvalue weighted by atomic mass is 10.2. The molecule has 0 aliphatic carbocycles. The van der Waals surface area contributed by atoms with Crippen LogP contribution in [-0.4, -0.2) is 5.91 Å². The number of hydrogen-bond acceptors (Lipinski definition) is 2. The topological polar surface area (TPSA) is 42.2 Å². The number of nitrogens with one attached hydrogen (secondary N) is 1. The SMILES string of the molecule is O=C(CCc1ccco1)Nc1cc(Cl)ccc1F. The highest BCUT2D eigenvalue weighted by atomic mass is 35.5. The predicted molar refractivity (Wildman–Crippen MR) is 67.1 cm³/mol. The number of hydrogen-bond donors (Lipinski definition) is 1. The summed E-state index contributed by atoms with van der Waals surface area (Å²) in [5.74, 6) is -0.0740. The van der Waals surface area contributed by atoms with E-state index in [1.165, 1.54) is 18.2 Å². The van der Waals surface area contributed by atoms with Gasteiger partial charge < -0.3 is 9.73 Å². The average Bonchev–Trinajstić information content (AvgIpc) is 2.84. The normalized spacial score (nSPS) is 10.3. The Labute approximate surface area is 109 Å². The molecule has 0 fully saturated rings. The van der Waals surface area contributed by atoms with E-state index >= 15 is 0 Å². The quantitative estimate of drug-likeness (QED) is 0.919. The Bertz CT molecular complexity index is 540. The van der Waals surface area contributed by atoms with Gasteiger partial charge in [0.15, 0.2) is 0 Å². The standard InChI is InChI=1S/C13H11ClFNO2/c14-9-3-5-11(15)12(8-9)16-13(17)6-4-10-2-1-7-18-10/h1-3,5,7-8H,4,6H2,(H,16,17). The molecule has 5 heteroatoms. The molecule has 0 aliphatic heterocycles. The second-order valence-electron chi connectivity index (χ2n) is 3.75. The monoisotopic (exact) mass is 267 g/mol. The molecule has 0 radical (unpaired) electrons. The number of anilines is 1. The molecular weight excluding hydrogens is 257 g/mol. The summed E-state index contributed by atoms with van der Waals surface area (Å²) in [6, 6.07) is 7.55. The van der Waals surface area contributed by atoms with Crippen LogP contribution in [0.2, 0.25) is 5.02 Å². The second kappa shape index (κ2) is 5.69. The molecule has 1 amide bonds. The van der Waals surface area contributed by atoms with Gasteiger partial charge in [-0.25, -0.2) is 4.39 Å². The molecule has 0 bridgehead atoms. The van der Waals surface area contributed by atoms with Crippen LogP contribution in [0.4, 0.5) is 10.1 Å². The molecule has 1 aromatic heterocycles. The molecule has 0 saturated carbocycles. The number of furan rings is 1. The predicted octanol–water partition coefficient (Wildman–Crippen LogP) is 3.64. The number of halogens is 2. The highest BCUT2D eigenvalue weighted by Gasteiger charge is 2.08. The summed E-state index contributed by atoms with van der Waals surface area (Å²) >= 11 is 5.73. The van der Waals surface area contributed by atoms with E-state index in [1.807, 2.05) is 0 Å². The number of carbonyl (C=O) groups excluding carboxylic acids is 1. The van der Waals surface area contributed by atoms with E-state index in [4.69, 9.17) is 16.0 Å². The van der Waals surface area contributed by atoms with Gasteiger partial charge in [-0.3, -0.25) is 4.79 Å². The first kappa shape index (κ1) is 12.6. The number of aryl methyl sites for hydroxylation is 1. The van der Waals surface area contributed by atoms with E-state index in [9.17, 15) is 9.18 Å². The van der Waals surface area contributed by atoms with Crippen molar-refractivity contribution in [1.29, 1.82) is 0 Å². The van der Waals surface area contributed by atoms with Gasteiger partial charge in [-0.15, -0.1) is 0 Å². The Morgan fingerprint density at radius 2 is 2.22 bits per heavy atom. The summed E-state index contributed by atoms with van der Waals surface area (Å²) < 4.78 is 18.5. The van der Waals surface area contributed by atoms with Gasteiger partial charge in [0.05, 0.1) is 12.0 Å². The Morgan fingerprint density at radius 1 is 1.39 bits per heavy atom. The van der Waals surface area contributed by atoms with Crippen molar-refractivity contribution in [2.75, 3.05) is 5.32 Å². The van der Waals surface area contributed by atoms with Crippen molar-refractivity contribution in [2.45, 2.75) is 12.8 Å². The highest BCUT2D eigenvalue weighted by molar-refractivity contribution is 6.30. The third-order valence-electron chi connectivity index (χ3n) is 2.38. The molecule has 18 heavy (non-hydrogen) atoms. The van der Waals surface area contributed by atoms with Gasteiger partial charge in [0.1, 0.15) is 11.6 Å². The lowest BCUT2D eigenvalue weighted by Gasteiger charge is -2.06. The third kappa shape index (κ3) is 3.34. The van der Waals surface area contributed by atoms with Crippen molar-refractivity contribution in [3.8, 4) is 0 Å². The zero-order valence-corrected chi connectivity index (χ0v) is 10.2. The van der Waals surface area contributed by atoms with Crippen LogP contribution in [0.25, 0.3) is 0 Å². The molecule has 1 heterocycles. The molecule has 0 atom stereocenters. The Balaban J connectivity index is 1.92. The van der Waals surface area contributed by atoms with Crippen LogP contribution < -0.4 is 5.32 Å². The van der Waals surface area contributed by atoms with Crippen LogP contribution >= 0.6 is 11.6 Å². The van der Waals surface area contributed by atoms with Crippen LogP contribution in [0.1, 0.15) is 12.2 Å². The number of benzene rings is 1. The molecule has 0 spiro atoms. The van der Waals surface area contributed by atoms with Crippen LogP contribution in [0.5, 0.6) is 0 Å². The molecule has 2 rings (SSSR count). The first-order valence-corrected chi connectivity index (χ1v) is 5.80. The maximum atomic E-state index is 13.4. The number of rotatable bonds is 4. The summed E-state index contributed by atoms with van der Waals surface area (Å²) in [7, 11) is 0. The Kier molecular flexibility index (Phi) is 3.99. The fraction of sp³-hybridized carbons (Fsp3) is 0.154. The van der Waals surface area contributed by atoms with Gasteiger partial charge in [0.25, 0.3) is 0 Å². The van der Waals surface area contributed by atoms with E-state index in [-0.39, 0.29) is 18.0 Å². The maximum absolute atomic E-state index is 13.4. The zero-order chi connectivity index (χ0) is 13.0. The van der Waals surface area contributed by atoms with E-state index in [0.29, 0.717) is 11.4 Å². The lowest BCUT2D eigenvalue weighted by Crippen LogP contribution is -2.13. The summed E-state index contributed by atoms with van der Waals surface area (Å²) in [5, 5.41) is 2.85. The van der Waals surface area contributed by atoms with Crippen LogP contribution in [0, 0.1) is 5.82 Å². The van der Waals surface area contributed by atoms with Crippen molar-refractivity contribution < 1.29 is 13.6 Å². The lowest BCUT2D eigenvalue weighted by molar-refractivity contribution is -0.116. The maximum Gasteiger partial charge on any atom is 0.224 e. The molecule has 0 aliphatic rings. The Morgan fingerprint density at radius 3 is 2.94 bits per heavy atom. The Hall–Kier alpha value is -1.81. The number of carbonyl (C=O) groups is 1. The van der Waals surface area contributed by atoms with Crippen molar-refractivity contribution in [3.63, 3.8) is 0 Å². The molecule has 2 aromatic rings. The van der Waals surface area contributed by atoms with Gasteiger partial charge in [-0.2, -0.15) is 0 Å². The molecule has 1 N–H and O–H groups in total. The van der Waals surface area contributed by atoms with Crippen molar-refractivity contribution >= 4 is 23.2 Å². The smallest absolute Gasteiger partial charge is 0.224 e. The van der Waals surface area contributed by atoms with Gasteiger partial charge in [0.2, 0.25) is 5.91 Å². The third-order valence-corrected chi connectivity index (χ3v) is 2.62. The van der Waals surface area contributed by atoms with Gasteiger partial charge >= 0.3 is 0 Å². The van der Waals surface area contributed by atoms with Crippen LogP contribution in [0.15, 0.2) is 41.0 Å². The van der Waals surface area contributed by atoms with Crippen molar-refractivity contribution in [1.82, 2.24) is 0 Å². The highest BCUT2D eigenvalue weighted by Crippen LogP contribution is 2.19. The van der Waals surface area contributed by atoms with E-state index in [0.717, 1.165) is 5.76 Å². The van der Waals surface area contributed by atoms with Gasteiger partial charge in [-0.1, -0.05) is 11.6 Å². The van der Waals surface area contributed by atoms with Crippen molar-refractivity contribution in [3.05, 3.63) is 53.2 Å². The molecule has 0 saturated heterocycles. The van der Waals surface area contributed by atoms with Gasteiger partial charge in [0, 0.05) is 17.9 Å². The zero-order valence-electron chi connectivity index (χ0n) is 9.45. The van der Waals surface area contributed by atoms with E-state index in [1.54, 1.807) is 18.4 Å².